The van der Waals surface area contributed by atoms with Crippen LogP contribution in [0.5, 0.6) is 0 Å². The number of allylic oxidation sites excluding steroid dienone is 2. The maximum Gasteiger partial charge on any atom is 0.0581 e. The minimum atomic E-state index is 0.204. The summed E-state index contributed by atoms with van der Waals surface area (Å²) in [5.74, 6) is 0. The molecule has 0 atom stereocenters. The number of hydrogen-bond acceptors (Lipinski definition) is 2. The summed E-state index contributed by atoms with van der Waals surface area (Å²) in [4.78, 5) is 5.06. The molecule has 0 N–H and O–H groups in total. The van der Waals surface area contributed by atoms with Gasteiger partial charge < -0.3 is 9.80 Å². The molecule has 2 aliphatic rings. The van der Waals surface area contributed by atoms with Gasteiger partial charge in [-0.2, -0.15) is 0 Å². The first-order valence-electron chi connectivity index (χ1n) is 7.14. The van der Waals surface area contributed by atoms with Crippen molar-refractivity contribution in [3.05, 3.63) is 23.5 Å². The van der Waals surface area contributed by atoms with Crippen LogP contribution in [-0.2, 0) is 0 Å². The van der Waals surface area contributed by atoms with Crippen molar-refractivity contribution in [1.29, 1.82) is 0 Å². The van der Waals surface area contributed by atoms with Crippen LogP contribution in [0.3, 0.4) is 0 Å². The Morgan fingerprint density at radius 2 is 1.67 bits per heavy atom. The molecule has 0 amide bonds. The Labute approximate surface area is 112 Å². The molecule has 0 aliphatic carbocycles. The van der Waals surface area contributed by atoms with E-state index in [2.05, 4.69) is 63.6 Å². The molecular weight excluding hydrogens is 220 g/mol. The van der Waals surface area contributed by atoms with Crippen LogP contribution < -0.4 is 0 Å². The molecular formula is C16H28N2. The average Bonchev–Trinajstić information content (AvgIpc) is 2.25. The van der Waals surface area contributed by atoms with E-state index in [4.69, 9.17) is 0 Å². The van der Waals surface area contributed by atoms with Crippen molar-refractivity contribution < 1.29 is 0 Å². The lowest BCUT2D eigenvalue weighted by molar-refractivity contribution is 0.132. The largest absolute Gasteiger partial charge is 0.368 e. The molecule has 0 unspecified atom stereocenters. The van der Waals surface area contributed by atoms with Gasteiger partial charge in [0.15, 0.2) is 0 Å². The zero-order chi connectivity index (χ0) is 13.6. The molecule has 2 nitrogen and oxygen atoms in total. The van der Waals surface area contributed by atoms with Gasteiger partial charge in [0.1, 0.15) is 0 Å². The van der Waals surface area contributed by atoms with Gasteiger partial charge in [0.25, 0.3) is 0 Å². The summed E-state index contributed by atoms with van der Waals surface area (Å²) in [6, 6.07) is 0. The van der Waals surface area contributed by atoms with Crippen LogP contribution in [0.1, 0.15) is 54.4 Å². The van der Waals surface area contributed by atoms with Crippen LogP contribution in [0, 0.1) is 0 Å². The van der Waals surface area contributed by atoms with Crippen LogP contribution in [0.15, 0.2) is 23.5 Å². The lowest BCUT2D eigenvalue weighted by Crippen LogP contribution is -2.49. The van der Waals surface area contributed by atoms with E-state index in [1.165, 1.54) is 19.4 Å². The summed E-state index contributed by atoms with van der Waals surface area (Å²) >= 11 is 0. The van der Waals surface area contributed by atoms with Gasteiger partial charge in [-0.25, -0.2) is 0 Å². The quantitative estimate of drug-likeness (QED) is 0.644. The summed E-state index contributed by atoms with van der Waals surface area (Å²) in [6.45, 7) is 16.1. The standard InChI is InChI=1S/C16H28N2/c1-15(2,3)17-11-9-13-8-7-10-18(14(13)12-17)16(4,5)6/h9,11H,7-8,10,12H2,1-6H3. The smallest absolute Gasteiger partial charge is 0.0581 e. The molecule has 2 heterocycles. The Balaban J connectivity index is 2.28. The third-order valence-corrected chi connectivity index (χ3v) is 3.97. The van der Waals surface area contributed by atoms with E-state index in [0.29, 0.717) is 0 Å². The summed E-state index contributed by atoms with van der Waals surface area (Å²) in [7, 11) is 0. The Kier molecular flexibility index (Phi) is 3.25. The summed E-state index contributed by atoms with van der Waals surface area (Å²) in [5.41, 5.74) is 3.54. The van der Waals surface area contributed by atoms with Crippen LogP contribution in [-0.4, -0.2) is 34.0 Å². The van der Waals surface area contributed by atoms with E-state index < -0.39 is 0 Å². The fraction of sp³-hybridized carbons (Fsp3) is 0.750. The molecule has 0 aromatic rings. The molecule has 0 fully saturated rings. The van der Waals surface area contributed by atoms with Crippen molar-refractivity contribution in [1.82, 2.24) is 9.80 Å². The molecule has 0 radical (unpaired) electrons. The van der Waals surface area contributed by atoms with Crippen molar-refractivity contribution in [2.75, 3.05) is 13.1 Å². The lowest BCUT2D eigenvalue weighted by Gasteiger charge is -2.48. The van der Waals surface area contributed by atoms with Crippen LogP contribution in [0.25, 0.3) is 0 Å². The zero-order valence-corrected chi connectivity index (χ0v) is 12.9. The highest BCUT2D eigenvalue weighted by Crippen LogP contribution is 2.34. The predicted octanol–water partition coefficient (Wildman–Crippen LogP) is 3.76. The van der Waals surface area contributed by atoms with Crippen molar-refractivity contribution >= 4 is 0 Å². The van der Waals surface area contributed by atoms with Gasteiger partial charge in [-0.05, 0) is 66.0 Å². The van der Waals surface area contributed by atoms with Gasteiger partial charge in [0.2, 0.25) is 0 Å². The van der Waals surface area contributed by atoms with Gasteiger partial charge >= 0.3 is 0 Å². The first kappa shape index (κ1) is 13.5. The van der Waals surface area contributed by atoms with Crippen LogP contribution in [0.2, 0.25) is 0 Å². The first-order valence-corrected chi connectivity index (χ1v) is 7.14. The molecule has 0 saturated carbocycles. The van der Waals surface area contributed by atoms with Gasteiger partial charge in [-0.15, -0.1) is 0 Å². The molecule has 0 spiro atoms. The van der Waals surface area contributed by atoms with E-state index in [1.54, 1.807) is 11.3 Å². The maximum absolute atomic E-state index is 2.61. The first-order chi connectivity index (χ1) is 8.19. The maximum atomic E-state index is 2.61. The fourth-order valence-electron chi connectivity index (χ4n) is 2.84. The third kappa shape index (κ3) is 2.57. The monoisotopic (exact) mass is 248 g/mol. The highest BCUT2D eigenvalue weighted by Gasteiger charge is 2.32. The van der Waals surface area contributed by atoms with E-state index in [1.807, 2.05) is 0 Å². The molecule has 2 aliphatic heterocycles. The Morgan fingerprint density at radius 1 is 1.00 bits per heavy atom. The number of hydrogen-bond donors (Lipinski definition) is 0. The third-order valence-electron chi connectivity index (χ3n) is 3.97. The number of rotatable bonds is 0. The van der Waals surface area contributed by atoms with Gasteiger partial charge in [0.05, 0.1) is 6.54 Å². The molecule has 0 aromatic carbocycles. The summed E-state index contributed by atoms with van der Waals surface area (Å²) < 4.78 is 0. The highest BCUT2D eigenvalue weighted by molar-refractivity contribution is 5.32. The SMILES string of the molecule is CC(C)(C)N1C=CC2=C(C1)N(C(C)(C)C)CCC2. The van der Waals surface area contributed by atoms with Crippen LogP contribution >= 0.6 is 0 Å². The molecule has 0 saturated heterocycles. The molecule has 2 heteroatoms. The van der Waals surface area contributed by atoms with Crippen molar-refractivity contribution in [3.8, 4) is 0 Å². The van der Waals surface area contributed by atoms with Gasteiger partial charge in [0, 0.05) is 29.5 Å². The second-order valence-corrected chi connectivity index (χ2v) is 7.51. The summed E-state index contributed by atoms with van der Waals surface area (Å²) in [6.07, 6.45) is 7.15. The molecule has 0 bridgehead atoms. The van der Waals surface area contributed by atoms with Crippen molar-refractivity contribution in [2.24, 2.45) is 0 Å². The van der Waals surface area contributed by atoms with E-state index in [9.17, 15) is 0 Å². The van der Waals surface area contributed by atoms with E-state index in [0.717, 1.165) is 6.54 Å². The topological polar surface area (TPSA) is 6.48 Å². The molecule has 18 heavy (non-hydrogen) atoms. The lowest BCUT2D eigenvalue weighted by atomic mass is 9.92. The van der Waals surface area contributed by atoms with E-state index in [-0.39, 0.29) is 11.1 Å². The second-order valence-electron chi connectivity index (χ2n) is 7.51. The average molecular weight is 248 g/mol. The molecule has 2 rings (SSSR count). The minimum Gasteiger partial charge on any atom is -0.368 e. The Hall–Kier alpha value is -0.920. The molecule has 0 aromatic heterocycles. The minimum absolute atomic E-state index is 0.204. The van der Waals surface area contributed by atoms with Gasteiger partial charge in [-0.1, -0.05) is 0 Å². The van der Waals surface area contributed by atoms with Crippen molar-refractivity contribution in [3.63, 3.8) is 0 Å². The van der Waals surface area contributed by atoms with Gasteiger partial charge in [-0.3, -0.25) is 0 Å². The van der Waals surface area contributed by atoms with E-state index >= 15 is 0 Å². The Morgan fingerprint density at radius 3 is 2.22 bits per heavy atom. The summed E-state index contributed by atoms with van der Waals surface area (Å²) in [5, 5.41) is 0. The Bertz CT molecular complexity index is 377. The second kappa shape index (κ2) is 4.32. The van der Waals surface area contributed by atoms with Crippen molar-refractivity contribution in [2.45, 2.75) is 65.5 Å². The number of nitrogens with zero attached hydrogens (tertiary/aromatic N) is 2. The fourth-order valence-corrected chi connectivity index (χ4v) is 2.84. The predicted molar refractivity (Wildman–Crippen MR) is 78.3 cm³/mol. The van der Waals surface area contributed by atoms with Crippen LogP contribution in [0.4, 0.5) is 0 Å². The molecule has 102 valence electrons. The normalized spacial score (nSPS) is 21.4. The zero-order valence-electron chi connectivity index (χ0n) is 12.9. The highest BCUT2D eigenvalue weighted by atomic mass is 15.3.